The van der Waals surface area contributed by atoms with Gasteiger partial charge in [0.05, 0.1) is 0 Å². The molecule has 0 aromatic heterocycles. The van der Waals surface area contributed by atoms with Crippen molar-refractivity contribution in [2.75, 3.05) is 21.3 Å². The van der Waals surface area contributed by atoms with Gasteiger partial charge < -0.3 is 13.3 Å². The largest absolute Gasteiger partial charge is 0.503 e. The zero-order chi connectivity index (χ0) is 18.1. The Morgan fingerprint density at radius 3 is 1.67 bits per heavy atom. The van der Waals surface area contributed by atoms with Crippen molar-refractivity contribution in [1.82, 2.24) is 0 Å². The summed E-state index contributed by atoms with van der Waals surface area (Å²) in [4.78, 5) is 0. The molecule has 9 heteroatoms. The van der Waals surface area contributed by atoms with Gasteiger partial charge in [-0.05, 0) is 25.2 Å². The first-order valence-electron chi connectivity index (χ1n) is 7.49. The smallest absolute Gasteiger partial charge is 0.377 e. The molecule has 136 valence electrons. The lowest BCUT2D eigenvalue weighted by Gasteiger charge is -2.37. The van der Waals surface area contributed by atoms with E-state index in [0.717, 1.165) is 0 Å². The van der Waals surface area contributed by atoms with Crippen LogP contribution >= 0.6 is 0 Å². The van der Waals surface area contributed by atoms with Crippen LogP contribution in [0.5, 0.6) is 0 Å². The second-order valence-corrected chi connectivity index (χ2v) is 9.01. The summed E-state index contributed by atoms with van der Waals surface area (Å²) in [5.74, 6) is -10.3. The van der Waals surface area contributed by atoms with Crippen LogP contribution in [0.3, 0.4) is 0 Å². The van der Waals surface area contributed by atoms with Crippen molar-refractivity contribution in [2.24, 2.45) is 0 Å². The van der Waals surface area contributed by atoms with E-state index in [1.807, 2.05) is 0 Å². The second-order valence-electron chi connectivity index (χ2n) is 5.76. The summed E-state index contributed by atoms with van der Waals surface area (Å²) < 4.78 is 84.4. The Labute approximate surface area is 138 Å². The minimum atomic E-state index is -3.07. The van der Waals surface area contributed by atoms with Crippen LogP contribution in [0, 0.1) is 29.1 Å². The predicted molar refractivity (Wildman–Crippen MR) is 78.0 cm³/mol. The van der Waals surface area contributed by atoms with Crippen molar-refractivity contribution >= 4 is 8.80 Å². The van der Waals surface area contributed by atoms with E-state index in [4.69, 9.17) is 13.3 Å². The molecule has 3 nitrogen and oxygen atoms in total. The standard InChI is InChI=1S/C15H19F5O3Si/c1-21-24(22-2,23-3)9-6-4-5-8(7-9)10-11(16)13(18)15(20)14(19)12(10)17/h8-9H,4-7H2,1-3H3. The molecule has 1 aromatic rings. The summed E-state index contributed by atoms with van der Waals surface area (Å²) in [6.45, 7) is 0. The molecule has 0 amide bonds. The molecule has 1 saturated carbocycles. The number of hydrogen-bond acceptors (Lipinski definition) is 3. The first-order chi connectivity index (χ1) is 11.3. The number of hydrogen-bond donors (Lipinski definition) is 0. The van der Waals surface area contributed by atoms with E-state index in [-0.39, 0.29) is 12.0 Å². The van der Waals surface area contributed by atoms with E-state index < -0.39 is 49.4 Å². The highest BCUT2D eigenvalue weighted by Gasteiger charge is 2.49. The molecule has 0 spiro atoms. The minimum absolute atomic E-state index is 0.167. The first-order valence-corrected chi connectivity index (χ1v) is 9.29. The van der Waals surface area contributed by atoms with Gasteiger partial charge in [0.15, 0.2) is 23.3 Å². The maximum Gasteiger partial charge on any atom is 0.503 e. The van der Waals surface area contributed by atoms with Crippen LogP contribution in [0.2, 0.25) is 5.54 Å². The zero-order valence-electron chi connectivity index (χ0n) is 13.6. The van der Waals surface area contributed by atoms with Crippen LogP contribution in [0.25, 0.3) is 0 Å². The van der Waals surface area contributed by atoms with Crippen molar-refractivity contribution in [3.05, 3.63) is 34.6 Å². The SMILES string of the molecule is CO[Si](OC)(OC)C1CCCC(c2c(F)c(F)c(F)c(F)c2F)C1. The van der Waals surface area contributed by atoms with Crippen LogP contribution in [-0.2, 0) is 13.3 Å². The van der Waals surface area contributed by atoms with Gasteiger partial charge in [0.25, 0.3) is 0 Å². The molecule has 0 bridgehead atoms. The Hall–Kier alpha value is -1.03. The second kappa shape index (κ2) is 7.47. The average molecular weight is 370 g/mol. The summed E-state index contributed by atoms with van der Waals surface area (Å²) >= 11 is 0. The monoisotopic (exact) mass is 370 g/mol. The first kappa shape index (κ1) is 19.3. The van der Waals surface area contributed by atoms with E-state index in [2.05, 4.69) is 0 Å². The molecular formula is C15H19F5O3Si. The van der Waals surface area contributed by atoms with Gasteiger partial charge in [-0.3, -0.25) is 0 Å². The predicted octanol–water partition coefficient (Wildman–Crippen LogP) is 4.29. The lowest BCUT2D eigenvalue weighted by molar-refractivity contribution is 0.102. The number of rotatable bonds is 5. The van der Waals surface area contributed by atoms with Gasteiger partial charge in [0.1, 0.15) is 0 Å². The molecule has 0 aliphatic heterocycles. The summed E-state index contributed by atoms with van der Waals surface area (Å²) in [5.41, 5.74) is -1.05. The maximum absolute atomic E-state index is 14.1. The molecule has 24 heavy (non-hydrogen) atoms. The Kier molecular flexibility index (Phi) is 6.00. The van der Waals surface area contributed by atoms with Crippen LogP contribution < -0.4 is 0 Å². The Balaban J connectivity index is 2.41. The topological polar surface area (TPSA) is 27.7 Å². The van der Waals surface area contributed by atoms with Crippen molar-refractivity contribution in [3.8, 4) is 0 Å². The van der Waals surface area contributed by atoms with Crippen molar-refractivity contribution in [2.45, 2.75) is 37.1 Å². The molecule has 0 saturated heterocycles. The van der Waals surface area contributed by atoms with E-state index in [1.54, 1.807) is 0 Å². The van der Waals surface area contributed by atoms with Gasteiger partial charge in [-0.15, -0.1) is 0 Å². The molecule has 1 fully saturated rings. The van der Waals surface area contributed by atoms with E-state index in [1.165, 1.54) is 21.3 Å². The summed E-state index contributed by atoms with van der Waals surface area (Å²) in [5, 5.41) is 0. The lowest BCUT2D eigenvalue weighted by Crippen LogP contribution is -2.49. The van der Waals surface area contributed by atoms with Gasteiger partial charge in [-0.25, -0.2) is 22.0 Å². The molecule has 0 radical (unpaired) electrons. The molecule has 0 heterocycles. The van der Waals surface area contributed by atoms with Crippen LogP contribution in [0.4, 0.5) is 22.0 Å². The third-order valence-corrected chi connectivity index (χ3v) is 7.91. The van der Waals surface area contributed by atoms with Crippen molar-refractivity contribution in [3.63, 3.8) is 0 Å². The van der Waals surface area contributed by atoms with Gasteiger partial charge in [0, 0.05) is 32.4 Å². The highest BCUT2D eigenvalue weighted by atomic mass is 28.4. The fourth-order valence-electron chi connectivity index (χ4n) is 3.50. The Bertz CT molecular complexity index is 572. The number of benzene rings is 1. The Morgan fingerprint density at radius 2 is 1.21 bits per heavy atom. The molecule has 1 aliphatic carbocycles. The van der Waals surface area contributed by atoms with Crippen molar-refractivity contribution < 1.29 is 35.2 Å². The molecule has 2 unspecified atom stereocenters. The van der Waals surface area contributed by atoms with Crippen LogP contribution in [0.15, 0.2) is 0 Å². The molecule has 2 atom stereocenters. The van der Waals surface area contributed by atoms with Gasteiger partial charge in [-0.2, -0.15) is 0 Å². The third kappa shape index (κ3) is 3.10. The quantitative estimate of drug-likeness (QED) is 0.335. The van der Waals surface area contributed by atoms with Gasteiger partial charge >= 0.3 is 8.80 Å². The highest BCUT2D eigenvalue weighted by Crippen LogP contribution is 2.46. The fourth-order valence-corrected chi connectivity index (χ4v) is 6.13. The van der Waals surface area contributed by atoms with E-state index in [9.17, 15) is 22.0 Å². The zero-order valence-corrected chi connectivity index (χ0v) is 14.6. The Morgan fingerprint density at radius 1 is 0.750 bits per heavy atom. The molecule has 1 aromatic carbocycles. The van der Waals surface area contributed by atoms with Crippen LogP contribution in [0.1, 0.15) is 37.2 Å². The molecule has 0 N–H and O–H groups in total. The van der Waals surface area contributed by atoms with Crippen LogP contribution in [-0.4, -0.2) is 30.1 Å². The highest BCUT2D eigenvalue weighted by molar-refractivity contribution is 6.62. The summed E-state index contributed by atoms with van der Waals surface area (Å²) in [6.07, 6.45) is 1.66. The normalized spacial score (nSPS) is 22.0. The van der Waals surface area contributed by atoms with E-state index in [0.29, 0.717) is 19.3 Å². The molecule has 1 aliphatic rings. The van der Waals surface area contributed by atoms with Gasteiger partial charge in [-0.1, -0.05) is 6.42 Å². The third-order valence-electron chi connectivity index (χ3n) is 4.68. The summed E-state index contributed by atoms with van der Waals surface area (Å²) in [7, 11) is 1.18. The molecule has 2 rings (SSSR count). The summed E-state index contributed by atoms with van der Waals surface area (Å²) in [6, 6.07) is 0. The maximum atomic E-state index is 14.1. The van der Waals surface area contributed by atoms with Gasteiger partial charge in [0.2, 0.25) is 5.82 Å². The average Bonchev–Trinajstić information content (AvgIpc) is 2.61. The molecular weight excluding hydrogens is 351 g/mol. The number of halogens is 5. The fraction of sp³-hybridized carbons (Fsp3) is 0.600. The van der Waals surface area contributed by atoms with Crippen molar-refractivity contribution in [1.29, 1.82) is 0 Å². The minimum Gasteiger partial charge on any atom is -0.377 e. The lowest BCUT2D eigenvalue weighted by atomic mass is 9.83. The van der Waals surface area contributed by atoms with E-state index >= 15 is 0 Å².